The van der Waals surface area contributed by atoms with E-state index in [0.29, 0.717) is 5.88 Å². The number of aromatic nitrogens is 2. The highest BCUT2D eigenvalue weighted by Crippen LogP contribution is 2.01. The maximum atomic E-state index is 10.0. The minimum absolute atomic E-state index is 0.000972. The van der Waals surface area contributed by atoms with Crippen molar-refractivity contribution >= 4 is 5.97 Å². The molecule has 0 saturated heterocycles. The monoisotopic (exact) mass is 156 g/mol. The first-order chi connectivity index (χ1) is 5.29. The van der Waals surface area contributed by atoms with E-state index < -0.39 is 5.97 Å². The number of carboxylic acid groups (broad SMARTS) is 1. The van der Waals surface area contributed by atoms with Crippen LogP contribution in [0.5, 0.6) is 5.88 Å². The average molecular weight is 156 g/mol. The van der Waals surface area contributed by atoms with E-state index in [1.165, 1.54) is 12.5 Å². The molecular formula is C6H8N2O3. The molecule has 0 atom stereocenters. The molecule has 0 saturated carbocycles. The largest absolute Gasteiger partial charge is 0.481 e. The van der Waals surface area contributed by atoms with Gasteiger partial charge in [0.05, 0.1) is 18.9 Å². The quantitative estimate of drug-likeness (QED) is 0.655. The second kappa shape index (κ2) is 3.60. The first kappa shape index (κ1) is 7.59. The maximum Gasteiger partial charge on any atom is 0.306 e. The summed E-state index contributed by atoms with van der Waals surface area (Å²) in [5.41, 5.74) is 0. The number of carbonyl (C=O) groups is 1. The lowest BCUT2D eigenvalue weighted by molar-refractivity contribution is -0.137. The van der Waals surface area contributed by atoms with Crippen molar-refractivity contribution in [1.82, 2.24) is 9.97 Å². The average Bonchev–Trinajstić information content (AvgIpc) is 2.39. The second-order valence-electron chi connectivity index (χ2n) is 1.91. The highest BCUT2D eigenvalue weighted by molar-refractivity contribution is 5.66. The summed E-state index contributed by atoms with van der Waals surface area (Å²) >= 11 is 0. The third-order valence-electron chi connectivity index (χ3n) is 1.05. The van der Waals surface area contributed by atoms with Crippen LogP contribution >= 0.6 is 0 Å². The van der Waals surface area contributed by atoms with E-state index in [0.717, 1.165) is 0 Å². The van der Waals surface area contributed by atoms with Gasteiger partial charge in [-0.3, -0.25) is 4.79 Å². The number of nitrogens with one attached hydrogen (secondary N) is 1. The fourth-order valence-electron chi connectivity index (χ4n) is 0.570. The molecule has 0 unspecified atom stereocenters. The van der Waals surface area contributed by atoms with E-state index in [4.69, 9.17) is 9.84 Å². The smallest absolute Gasteiger partial charge is 0.306 e. The molecule has 0 amide bonds. The van der Waals surface area contributed by atoms with Gasteiger partial charge in [0.25, 0.3) is 0 Å². The van der Waals surface area contributed by atoms with E-state index in [1.807, 2.05) is 0 Å². The number of hydrogen-bond acceptors (Lipinski definition) is 3. The molecule has 1 aromatic heterocycles. The Kier molecular flexibility index (Phi) is 2.48. The zero-order valence-electron chi connectivity index (χ0n) is 5.78. The van der Waals surface area contributed by atoms with Gasteiger partial charge in [-0.25, -0.2) is 4.98 Å². The fraction of sp³-hybridized carbons (Fsp3) is 0.333. The molecule has 0 radical (unpaired) electrons. The van der Waals surface area contributed by atoms with Crippen LogP contribution in [0.25, 0.3) is 0 Å². The van der Waals surface area contributed by atoms with Gasteiger partial charge in [0.2, 0.25) is 5.88 Å². The summed E-state index contributed by atoms with van der Waals surface area (Å²) in [5, 5.41) is 8.24. The predicted octanol–water partition coefficient (Wildman–Crippen LogP) is 0.263. The maximum absolute atomic E-state index is 10.0. The van der Waals surface area contributed by atoms with Crippen molar-refractivity contribution in [3.8, 4) is 5.88 Å². The molecule has 2 N–H and O–H groups in total. The van der Waals surface area contributed by atoms with Crippen LogP contribution in [0.1, 0.15) is 6.42 Å². The molecule has 1 rings (SSSR count). The minimum atomic E-state index is -0.871. The standard InChI is InChI=1S/C6H8N2O3/c9-6(10)1-2-11-5-3-7-4-8-5/h3-4H,1-2H2,(H,7,8)(H,9,10). The molecule has 0 bridgehead atoms. The van der Waals surface area contributed by atoms with Crippen LogP contribution in [-0.2, 0) is 4.79 Å². The summed E-state index contributed by atoms with van der Waals surface area (Å²) in [6.07, 6.45) is 2.96. The molecule has 0 aliphatic rings. The first-order valence-electron chi connectivity index (χ1n) is 3.12. The molecule has 60 valence electrons. The Morgan fingerprint density at radius 1 is 1.82 bits per heavy atom. The molecule has 5 nitrogen and oxygen atoms in total. The Morgan fingerprint density at radius 3 is 3.18 bits per heavy atom. The third-order valence-corrected chi connectivity index (χ3v) is 1.05. The van der Waals surface area contributed by atoms with Crippen LogP contribution in [-0.4, -0.2) is 27.7 Å². The van der Waals surface area contributed by atoms with E-state index in [9.17, 15) is 4.79 Å². The third kappa shape index (κ3) is 2.70. The van der Waals surface area contributed by atoms with Gasteiger partial charge in [-0.1, -0.05) is 0 Å². The van der Waals surface area contributed by atoms with E-state index in [2.05, 4.69) is 9.97 Å². The van der Waals surface area contributed by atoms with Crippen LogP contribution < -0.4 is 4.74 Å². The van der Waals surface area contributed by atoms with Crippen LogP contribution in [0.4, 0.5) is 0 Å². The molecule has 0 spiro atoms. The van der Waals surface area contributed by atoms with Gasteiger partial charge in [-0.2, -0.15) is 0 Å². The molecule has 0 aliphatic heterocycles. The van der Waals surface area contributed by atoms with E-state index >= 15 is 0 Å². The zero-order valence-corrected chi connectivity index (χ0v) is 5.78. The number of aliphatic carboxylic acids is 1. The Morgan fingerprint density at radius 2 is 2.64 bits per heavy atom. The van der Waals surface area contributed by atoms with Crippen molar-refractivity contribution in [3.63, 3.8) is 0 Å². The molecule has 0 aliphatic carbocycles. The normalized spacial score (nSPS) is 9.45. The van der Waals surface area contributed by atoms with Crippen LogP contribution in [0.2, 0.25) is 0 Å². The number of rotatable bonds is 4. The van der Waals surface area contributed by atoms with Crippen molar-refractivity contribution in [2.24, 2.45) is 0 Å². The van der Waals surface area contributed by atoms with Crippen molar-refractivity contribution in [2.75, 3.05) is 6.61 Å². The van der Waals surface area contributed by atoms with Crippen molar-refractivity contribution in [3.05, 3.63) is 12.5 Å². The Bertz CT molecular complexity index is 220. The summed E-state index contributed by atoms with van der Waals surface area (Å²) in [4.78, 5) is 16.4. The molecule has 5 heteroatoms. The molecule has 0 fully saturated rings. The lowest BCUT2D eigenvalue weighted by Gasteiger charge is -1.98. The molecule has 1 aromatic rings. The number of ether oxygens (including phenoxy) is 1. The highest BCUT2D eigenvalue weighted by atomic mass is 16.5. The molecular weight excluding hydrogens is 148 g/mol. The Labute approximate surface area is 63.0 Å². The predicted molar refractivity (Wildman–Crippen MR) is 36.3 cm³/mol. The topological polar surface area (TPSA) is 75.2 Å². The lowest BCUT2D eigenvalue weighted by Crippen LogP contribution is -2.04. The second-order valence-corrected chi connectivity index (χ2v) is 1.91. The van der Waals surface area contributed by atoms with Crippen LogP contribution in [0.15, 0.2) is 12.5 Å². The Balaban J connectivity index is 2.19. The van der Waals surface area contributed by atoms with Crippen LogP contribution in [0.3, 0.4) is 0 Å². The van der Waals surface area contributed by atoms with Gasteiger partial charge in [0.15, 0.2) is 0 Å². The highest BCUT2D eigenvalue weighted by Gasteiger charge is 1.97. The Hall–Kier alpha value is -1.52. The summed E-state index contributed by atoms with van der Waals surface area (Å²) in [6.45, 7) is 0.164. The molecule has 11 heavy (non-hydrogen) atoms. The molecule has 1 heterocycles. The first-order valence-corrected chi connectivity index (χ1v) is 3.12. The van der Waals surface area contributed by atoms with Gasteiger partial charge in [-0.15, -0.1) is 0 Å². The van der Waals surface area contributed by atoms with Gasteiger partial charge in [0, 0.05) is 0 Å². The van der Waals surface area contributed by atoms with Crippen molar-refractivity contribution < 1.29 is 14.6 Å². The number of nitrogens with zero attached hydrogens (tertiary/aromatic N) is 1. The minimum Gasteiger partial charge on any atom is -0.481 e. The number of aromatic amines is 1. The lowest BCUT2D eigenvalue weighted by atomic mass is 10.5. The van der Waals surface area contributed by atoms with Crippen LogP contribution in [0, 0.1) is 0 Å². The summed E-state index contributed by atoms with van der Waals surface area (Å²) in [6, 6.07) is 0. The number of carboxylic acids is 1. The van der Waals surface area contributed by atoms with Crippen molar-refractivity contribution in [2.45, 2.75) is 6.42 Å². The van der Waals surface area contributed by atoms with Gasteiger partial charge in [-0.05, 0) is 0 Å². The van der Waals surface area contributed by atoms with Gasteiger partial charge >= 0.3 is 5.97 Å². The fourth-order valence-corrected chi connectivity index (χ4v) is 0.570. The SMILES string of the molecule is O=C(O)CCOc1cnc[nH]1. The number of H-pyrrole nitrogens is 1. The summed E-state index contributed by atoms with van der Waals surface area (Å²) in [5.74, 6) is -0.379. The van der Waals surface area contributed by atoms with E-state index in [1.54, 1.807) is 0 Å². The molecule has 0 aromatic carbocycles. The summed E-state index contributed by atoms with van der Waals surface area (Å²) < 4.78 is 4.96. The van der Waals surface area contributed by atoms with Crippen molar-refractivity contribution in [1.29, 1.82) is 0 Å². The van der Waals surface area contributed by atoms with Gasteiger partial charge < -0.3 is 14.8 Å². The summed E-state index contributed by atoms with van der Waals surface area (Å²) in [7, 11) is 0. The number of imidazole rings is 1. The van der Waals surface area contributed by atoms with E-state index in [-0.39, 0.29) is 13.0 Å². The number of hydrogen-bond donors (Lipinski definition) is 2. The van der Waals surface area contributed by atoms with Gasteiger partial charge in [0.1, 0.15) is 6.61 Å². The zero-order chi connectivity index (χ0) is 8.10.